The van der Waals surface area contributed by atoms with Crippen molar-refractivity contribution < 1.29 is 4.74 Å². The summed E-state index contributed by atoms with van der Waals surface area (Å²) in [6, 6.07) is 55.2. The van der Waals surface area contributed by atoms with Gasteiger partial charge in [-0.1, -0.05) is 140 Å². The third kappa shape index (κ3) is 5.45. The molecule has 13 rings (SSSR count). The number of aromatic nitrogens is 1. The number of benzene rings is 8. The van der Waals surface area contributed by atoms with Crippen molar-refractivity contribution in [3.63, 3.8) is 0 Å². The molecule has 2 N–H and O–H groups in total. The molecule has 0 amide bonds. The van der Waals surface area contributed by atoms with E-state index in [1.807, 2.05) is 25.1 Å². The Hall–Kier alpha value is -7.68. The minimum absolute atomic E-state index is 0.0143. The molecular formula is C57H44N6O. The van der Waals surface area contributed by atoms with Gasteiger partial charge in [0.25, 0.3) is 0 Å². The van der Waals surface area contributed by atoms with Crippen LogP contribution in [0.2, 0.25) is 0 Å². The predicted octanol–water partition coefficient (Wildman–Crippen LogP) is 14.1. The molecule has 7 heteroatoms. The lowest BCUT2D eigenvalue weighted by molar-refractivity contribution is 0.190. The fraction of sp³-hybridized carbons (Fsp3) is 0.0877. The number of ether oxygens (including phenoxy) is 1. The number of nitrogens with zero attached hydrogens (tertiary/aromatic N) is 4. The minimum Gasteiger partial charge on any atom is -0.481 e. The molecule has 5 heterocycles. The van der Waals surface area contributed by atoms with E-state index in [1.54, 1.807) is 0 Å². The van der Waals surface area contributed by atoms with E-state index in [1.165, 1.54) is 82.0 Å². The van der Waals surface area contributed by atoms with Crippen molar-refractivity contribution in [2.45, 2.75) is 32.2 Å². The molecule has 0 aliphatic carbocycles. The van der Waals surface area contributed by atoms with E-state index >= 15 is 0 Å². The number of fused-ring (bicyclic) bond motifs is 13. The van der Waals surface area contributed by atoms with Gasteiger partial charge in [-0.3, -0.25) is 5.01 Å². The number of hydrazine groups is 3. The highest BCUT2D eigenvalue weighted by molar-refractivity contribution is 6.33. The minimum atomic E-state index is -0.0664. The molecule has 3 aliphatic rings. The van der Waals surface area contributed by atoms with Crippen molar-refractivity contribution in [3.8, 4) is 5.75 Å². The third-order valence-electron chi connectivity index (χ3n) is 13.3. The van der Waals surface area contributed by atoms with E-state index in [0.29, 0.717) is 0 Å². The number of hydrogen-bond donors (Lipinski definition) is 2. The van der Waals surface area contributed by atoms with Crippen LogP contribution in [0.25, 0.3) is 59.6 Å². The monoisotopic (exact) mass is 828 g/mol. The molecule has 0 saturated carbocycles. The molecule has 7 nitrogen and oxygen atoms in total. The lowest BCUT2D eigenvalue weighted by Gasteiger charge is -2.45. The van der Waals surface area contributed by atoms with Crippen LogP contribution < -0.4 is 25.6 Å². The van der Waals surface area contributed by atoms with Gasteiger partial charge in [0, 0.05) is 38.4 Å². The van der Waals surface area contributed by atoms with Crippen molar-refractivity contribution in [3.05, 3.63) is 217 Å². The Labute approximate surface area is 370 Å². The Morgan fingerprint density at radius 1 is 0.594 bits per heavy atom. The van der Waals surface area contributed by atoms with Gasteiger partial charge >= 0.3 is 0 Å². The highest BCUT2D eigenvalue weighted by atomic mass is 16.5. The molecular weight excluding hydrogens is 785 g/mol. The topological polar surface area (TPSA) is 57.1 Å². The van der Waals surface area contributed by atoms with E-state index < -0.39 is 0 Å². The molecule has 10 aromatic rings. The molecule has 4 atom stereocenters. The van der Waals surface area contributed by atoms with Gasteiger partial charge in [-0.2, -0.15) is 0 Å². The van der Waals surface area contributed by atoms with Crippen LogP contribution in [0.15, 0.2) is 200 Å². The second-order valence-corrected chi connectivity index (χ2v) is 16.9. The molecule has 3 aliphatic heterocycles. The summed E-state index contributed by atoms with van der Waals surface area (Å²) in [6.07, 6.45) is 16.9. The summed E-state index contributed by atoms with van der Waals surface area (Å²) < 4.78 is 8.67. The number of allylic oxidation sites excluding steroid dienone is 6. The first-order valence-corrected chi connectivity index (χ1v) is 22.2. The van der Waals surface area contributed by atoms with Gasteiger partial charge in [0.2, 0.25) is 0 Å². The van der Waals surface area contributed by atoms with E-state index in [2.05, 4.69) is 219 Å². The maximum absolute atomic E-state index is 6.10. The third-order valence-corrected chi connectivity index (χ3v) is 13.3. The lowest BCUT2D eigenvalue weighted by atomic mass is 9.84. The molecule has 1 saturated heterocycles. The van der Waals surface area contributed by atoms with Crippen molar-refractivity contribution in [1.29, 1.82) is 0 Å². The molecule has 8 aromatic carbocycles. The molecule has 64 heavy (non-hydrogen) atoms. The Kier molecular flexibility index (Phi) is 8.33. The average molecular weight is 829 g/mol. The number of anilines is 4. The van der Waals surface area contributed by atoms with E-state index in [0.717, 1.165) is 22.8 Å². The van der Waals surface area contributed by atoms with Crippen molar-refractivity contribution in [1.82, 2.24) is 20.5 Å². The van der Waals surface area contributed by atoms with Crippen molar-refractivity contribution >= 4 is 82.4 Å². The SMILES string of the molecule is C/C=C\C=C/C1Oc2cccc(C3NN3NN(c3ccccc3)c3ccc(N4c5c(c6ccccc6c6c7cccc8c9cc%10ccccc%10cc9n(c56)c87)C4/C=C\C=C/C)cc3)c21. The summed E-state index contributed by atoms with van der Waals surface area (Å²) >= 11 is 0. The number of para-hydroxylation sites is 2. The largest absolute Gasteiger partial charge is 0.481 e. The molecule has 0 spiro atoms. The molecule has 0 radical (unpaired) electrons. The van der Waals surface area contributed by atoms with Crippen LogP contribution in [0.1, 0.15) is 48.8 Å². The Bertz CT molecular complexity index is 3600. The van der Waals surface area contributed by atoms with Gasteiger partial charge < -0.3 is 14.0 Å². The highest BCUT2D eigenvalue weighted by Gasteiger charge is 2.43. The fourth-order valence-electron chi connectivity index (χ4n) is 10.5. The fourth-order valence-corrected chi connectivity index (χ4v) is 10.5. The molecule has 0 bridgehead atoms. The highest BCUT2D eigenvalue weighted by Crippen LogP contribution is 2.58. The van der Waals surface area contributed by atoms with Gasteiger partial charge in [-0.25, -0.2) is 5.43 Å². The van der Waals surface area contributed by atoms with Gasteiger partial charge in [0.1, 0.15) is 18.0 Å². The first-order chi connectivity index (χ1) is 31.7. The second-order valence-electron chi connectivity index (χ2n) is 16.9. The predicted molar refractivity (Wildman–Crippen MR) is 265 cm³/mol. The smallest absolute Gasteiger partial charge is 0.146 e. The van der Waals surface area contributed by atoms with Crippen LogP contribution in [-0.2, 0) is 0 Å². The van der Waals surface area contributed by atoms with E-state index in [-0.39, 0.29) is 18.3 Å². The second kappa shape index (κ2) is 14.4. The van der Waals surface area contributed by atoms with Crippen LogP contribution in [0, 0.1) is 0 Å². The number of hydrogen-bond acceptors (Lipinski definition) is 6. The zero-order chi connectivity index (χ0) is 42.5. The van der Waals surface area contributed by atoms with Crippen molar-refractivity contribution in [2.24, 2.45) is 0 Å². The zero-order valence-electron chi connectivity index (χ0n) is 35.5. The summed E-state index contributed by atoms with van der Waals surface area (Å²) in [5.74, 6) is 0.939. The van der Waals surface area contributed by atoms with Gasteiger partial charge in [0.15, 0.2) is 0 Å². The van der Waals surface area contributed by atoms with Crippen LogP contribution >= 0.6 is 0 Å². The Balaban J connectivity index is 0.938. The Morgan fingerprint density at radius 3 is 2.09 bits per heavy atom. The summed E-state index contributed by atoms with van der Waals surface area (Å²) in [4.78, 5) is 2.55. The maximum atomic E-state index is 6.10. The summed E-state index contributed by atoms with van der Waals surface area (Å²) in [5.41, 5.74) is 19.3. The summed E-state index contributed by atoms with van der Waals surface area (Å²) in [7, 11) is 0. The van der Waals surface area contributed by atoms with Gasteiger partial charge in [-0.15, -0.1) is 10.7 Å². The van der Waals surface area contributed by atoms with Gasteiger partial charge in [-0.05, 0) is 102 Å². The first-order valence-electron chi connectivity index (χ1n) is 22.2. The maximum Gasteiger partial charge on any atom is 0.146 e. The molecule has 1 fully saturated rings. The molecule has 308 valence electrons. The average Bonchev–Trinajstić information content (AvgIpc) is 3.92. The zero-order valence-corrected chi connectivity index (χ0v) is 35.5. The number of rotatable bonds is 10. The molecule has 2 aromatic heterocycles. The van der Waals surface area contributed by atoms with Gasteiger partial charge in [0.05, 0.1) is 39.7 Å². The lowest BCUT2D eigenvalue weighted by Crippen LogP contribution is -2.39. The van der Waals surface area contributed by atoms with E-state index in [4.69, 9.17) is 4.74 Å². The van der Waals surface area contributed by atoms with E-state index in [9.17, 15) is 0 Å². The van der Waals surface area contributed by atoms with Crippen LogP contribution in [0.3, 0.4) is 0 Å². The summed E-state index contributed by atoms with van der Waals surface area (Å²) in [5, 5.41) is 14.5. The molecule has 4 unspecified atom stereocenters. The standard InChI is InChI=1S/C57H44N6O/c1-3-5-8-27-47-52-42-23-15-14-22-41(42)51-44-25-16-24-43-46-34-36-18-12-13-19-37(36)35-48(46)61(54(43)44)55(51)56(52)60(47)38-30-32-40(33-31-38)62(39-20-10-7-11-21-39)59-63-57(58-63)45-26-17-29-50-53(45)49(64-50)28-9-6-4-2/h3-35,47,49,57-59H,1-2H3/b5-3-,6-4-,27-8-,28-9-. The normalized spacial score (nSPS) is 19.2. The number of nitrogens with one attached hydrogen (secondary N) is 2. The summed E-state index contributed by atoms with van der Waals surface area (Å²) in [6.45, 7) is 4.09. The van der Waals surface area contributed by atoms with Crippen molar-refractivity contribution in [2.75, 3.05) is 9.91 Å². The first kappa shape index (κ1) is 36.9. The van der Waals surface area contributed by atoms with Crippen LogP contribution in [0.5, 0.6) is 5.75 Å². The quantitative estimate of drug-likeness (QED) is 0.0814. The van der Waals surface area contributed by atoms with Crippen LogP contribution in [-0.4, -0.2) is 9.52 Å². The van der Waals surface area contributed by atoms with Crippen LogP contribution in [0.4, 0.5) is 22.7 Å². The Morgan fingerprint density at radius 2 is 1.28 bits per heavy atom.